The van der Waals surface area contributed by atoms with E-state index in [1.807, 2.05) is 0 Å². The summed E-state index contributed by atoms with van der Waals surface area (Å²) in [5, 5.41) is 11.0. The fourth-order valence-corrected chi connectivity index (χ4v) is 2.61. The van der Waals surface area contributed by atoms with Crippen LogP contribution in [-0.2, 0) is 23.8 Å². The van der Waals surface area contributed by atoms with Crippen LogP contribution in [0.25, 0.3) is 0 Å². The van der Waals surface area contributed by atoms with E-state index < -0.39 is 34.4 Å². The van der Waals surface area contributed by atoms with E-state index in [2.05, 4.69) is 14.2 Å². The van der Waals surface area contributed by atoms with Crippen molar-refractivity contribution in [3.8, 4) is 0 Å². The van der Waals surface area contributed by atoms with Crippen molar-refractivity contribution in [1.82, 2.24) is 0 Å². The lowest BCUT2D eigenvalue weighted by Gasteiger charge is -2.10. The molecule has 1 rings (SSSR count). The van der Waals surface area contributed by atoms with E-state index in [0.717, 1.165) is 27.4 Å². The largest absolute Gasteiger partial charge is 0.468 e. The molecule has 1 heterocycles. The zero-order valence-electron chi connectivity index (χ0n) is 11.3. The first-order valence-corrected chi connectivity index (χ1v) is 6.21. The van der Waals surface area contributed by atoms with Crippen LogP contribution in [0, 0.1) is 10.1 Å². The summed E-state index contributed by atoms with van der Waals surface area (Å²) < 4.78 is 13.4. The van der Waals surface area contributed by atoms with E-state index in [1.165, 1.54) is 0 Å². The van der Waals surface area contributed by atoms with Gasteiger partial charge in [-0.25, -0.2) is 4.79 Å². The third-order valence-electron chi connectivity index (χ3n) is 2.46. The van der Waals surface area contributed by atoms with Gasteiger partial charge in [0.05, 0.1) is 26.3 Å². The maximum atomic E-state index is 11.7. The lowest BCUT2D eigenvalue weighted by Crippen LogP contribution is -2.24. The van der Waals surface area contributed by atoms with E-state index >= 15 is 0 Å². The fraction of sp³-hybridized carbons (Fsp3) is 0.364. The summed E-state index contributed by atoms with van der Waals surface area (Å²) >= 11 is 0.598. The highest BCUT2D eigenvalue weighted by Gasteiger charge is 2.39. The van der Waals surface area contributed by atoms with Gasteiger partial charge < -0.3 is 14.2 Å². The van der Waals surface area contributed by atoms with Crippen LogP contribution in [0.1, 0.15) is 20.5 Å². The van der Waals surface area contributed by atoms with Crippen LogP contribution in [0.3, 0.4) is 0 Å². The minimum absolute atomic E-state index is 0.114. The second-order valence-electron chi connectivity index (χ2n) is 3.59. The zero-order chi connectivity index (χ0) is 16.2. The molecule has 0 saturated heterocycles. The first-order valence-electron chi connectivity index (χ1n) is 5.39. The smallest absolute Gasteiger partial charge is 0.348 e. The molecule has 0 amide bonds. The summed E-state index contributed by atoms with van der Waals surface area (Å²) in [6.07, 6.45) is 0. The number of hydrogen-bond acceptors (Lipinski definition) is 9. The molecule has 0 aliphatic carbocycles. The van der Waals surface area contributed by atoms with Crippen LogP contribution in [0.2, 0.25) is 0 Å². The summed E-state index contributed by atoms with van der Waals surface area (Å²) in [5.41, 5.74) is -0.554. The summed E-state index contributed by atoms with van der Waals surface area (Å²) in [7, 11) is 3.16. The van der Waals surface area contributed by atoms with Crippen molar-refractivity contribution in [3.05, 3.63) is 25.9 Å². The van der Waals surface area contributed by atoms with Crippen molar-refractivity contribution in [2.75, 3.05) is 21.3 Å². The maximum Gasteiger partial charge on any atom is 0.348 e. The number of thiophene rings is 1. The zero-order valence-corrected chi connectivity index (χ0v) is 12.1. The molecule has 0 atom stereocenters. The molecule has 0 saturated carbocycles. The van der Waals surface area contributed by atoms with E-state index in [1.54, 1.807) is 0 Å². The normalized spacial score (nSPS) is 10.1. The molecule has 10 heteroatoms. The Hall–Kier alpha value is -2.49. The monoisotopic (exact) mass is 317 g/mol. The molecule has 0 spiro atoms. The minimum atomic E-state index is -1.64. The summed E-state index contributed by atoms with van der Waals surface area (Å²) in [6.45, 7) is 0. The lowest BCUT2D eigenvalue weighted by molar-refractivity contribution is -0.385. The minimum Gasteiger partial charge on any atom is -0.468 e. The van der Waals surface area contributed by atoms with E-state index in [-0.39, 0.29) is 9.75 Å². The molecule has 21 heavy (non-hydrogen) atoms. The second-order valence-corrected chi connectivity index (χ2v) is 4.67. The molecule has 0 radical (unpaired) electrons. The molecule has 1 aromatic heterocycles. The first kappa shape index (κ1) is 16.6. The number of nitrogens with zero attached hydrogens (tertiary/aromatic N) is 1. The fourth-order valence-electron chi connectivity index (χ4n) is 1.49. The quantitative estimate of drug-likeness (QED) is 0.258. The molecular formula is C11H11NO8S. The molecule has 114 valence electrons. The van der Waals surface area contributed by atoms with Gasteiger partial charge in [-0.2, -0.15) is 0 Å². The van der Waals surface area contributed by atoms with Gasteiger partial charge >= 0.3 is 17.9 Å². The standard InChI is InChI=1S/C11H11NO8S/c1-18-9(13)6-4-5(12(16)17)8(21-6)7(10(14)19-2)11(15)20-3/h4,7H,1-3H3. The maximum absolute atomic E-state index is 11.7. The highest BCUT2D eigenvalue weighted by Crippen LogP contribution is 2.37. The van der Waals surface area contributed by atoms with Gasteiger partial charge in [-0.05, 0) is 0 Å². The van der Waals surface area contributed by atoms with Crippen LogP contribution < -0.4 is 0 Å². The Balaban J connectivity index is 3.45. The lowest BCUT2D eigenvalue weighted by atomic mass is 10.1. The van der Waals surface area contributed by atoms with Crippen molar-refractivity contribution in [2.24, 2.45) is 0 Å². The van der Waals surface area contributed by atoms with E-state index in [9.17, 15) is 24.5 Å². The molecule has 0 fully saturated rings. The number of nitro groups is 1. The van der Waals surface area contributed by atoms with Gasteiger partial charge in [0.25, 0.3) is 5.69 Å². The van der Waals surface area contributed by atoms with Gasteiger partial charge in [0.1, 0.15) is 9.75 Å². The number of esters is 3. The van der Waals surface area contributed by atoms with Crippen molar-refractivity contribution in [3.63, 3.8) is 0 Å². The van der Waals surface area contributed by atoms with Crippen molar-refractivity contribution in [2.45, 2.75) is 5.92 Å². The number of carbonyl (C=O) groups is 3. The van der Waals surface area contributed by atoms with Crippen LogP contribution in [0.5, 0.6) is 0 Å². The summed E-state index contributed by atoms with van der Waals surface area (Å²) in [6, 6.07) is 0.935. The Morgan fingerprint density at radius 3 is 2.05 bits per heavy atom. The van der Waals surface area contributed by atoms with Crippen LogP contribution >= 0.6 is 11.3 Å². The molecule has 0 aliphatic rings. The van der Waals surface area contributed by atoms with Crippen LogP contribution in [0.15, 0.2) is 6.07 Å². The highest BCUT2D eigenvalue weighted by molar-refractivity contribution is 7.14. The highest BCUT2D eigenvalue weighted by atomic mass is 32.1. The topological polar surface area (TPSA) is 122 Å². The van der Waals surface area contributed by atoms with Crippen molar-refractivity contribution >= 4 is 34.9 Å². The SMILES string of the molecule is COC(=O)c1cc([N+](=O)[O-])c(C(C(=O)OC)C(=O)OC)s1. The Kier molecular flexibility index (Phi) is 5.36. The van der Waals surface area contributed by atoms with Gasteiger partial charge in [0, 0.05) is 6.07 Å². The van der Waals surface area contributed by atoms with Crippen molar-refractivity contribution < 1.29 is 33.5 Å². The molecule has 0 N–H and O–H groups in total. The summed E-state index contributed by atoms with van der Waals surface area (Å²) in [5.74, 6) is -4.50. The van der Waals surface area contributed by atoms with Gasteiger partial charge in [0.2, 0.25) is 0 Å². The Morgan fingerprint density at radius 1 is 1.14 bits per heavy atom. The Morgan fingerprint density at radius 2 is 1.67 bits per heavy atom. The molecule has 0 bridgehead atoms. The predicted molar refractivity (Wildman–Crippen MR) is 69.1 cm³/mol. The average Bonchev–Trinajstić information content (AvgIpc) is 2.91. The third kappa shape index (κ3) is 3.34. The van der Waals surface area contributed by atoms with Crippen LogP contribution in [0.4, 0.5) is 5.69 Å². The summed E-state index contributed by atoms with van der Waals surface area (Å²) in [4.78, 5) is 44.7. The molecule has 1 aromatic rings. The first-order chi connectivity index (χ1) is 9.87. The van der Waals surface area contributed by atoms with Crippen molar-refractivity contribution in [1.29, 1.82) is 0 Å². The van der Waals surface area contributed by atoms with E-state index in [4.69, 9.17) is 0 Å². The molecule has 9 nitrogen and oxygen atoms in total. The predicted octanol–water partition coefficient (Wildman–Crippen LogP) is 0.872. The second kappa shape index (κ2) is 6.79. The van der Waals surface area contributed by atoms with E-state index in [0.29, 0.717) is 11.3 Å². The molecular weight excluding hydrogens is 306 g/mol. The van der Waals surface area contributed by atoms with Gasteiger partial charge in [-0.15, -0.1) is 11.3 Å². The number of methoxy groups -OCH3 is 3. The van der Waals surface area contributed by atoms with Crippen LogP contribution in [-0.4, -0.2) is 44.2 Å². The molecule has 0 aliphatic heterocycles. The Labute approximate surface area is 122 Å². The molecule has 0 unspecified atom stereocenters. The van der Waals surface area contributed by atoms with Gasteiger partial charge in [-0.3, -0.25) is 19.7 Å². The average molecular weight is 317 g/mol. The number of carbonyl (C=O) groups excluding carboxylic acids is 3. The Bertz CT molecular complexity index is 577. The van der Waals surface area contributed by atoms with Gasteiger partial charge in [0.15, 0.2) is 5.92 Å². The number of ether oxygens (including phenoxy) is 3. The van der Waals surface area contributed by atoms with Gasteiger partial charge in [-0.1, -0.05) is 0 Å². The third-order valence-corrected chi connectivity index (χ3v) is 3.63. The molecule has 0 aromatic carbocycles. The number of rotatable bonds is 5. The number of hydrogen-bond donors (Lipinski definition) is 0.